The van der Waals surface area contributed by atoms with E-state index >= 15 is 0 Å². The highest BCUT2D eigenvalue weighted by Gasteiger charge is 2.33. The molecular weight excluding hydrogens is 466 g/mol. The molecule has 1 heterocycles. The Morgan fingerprint density at radius 3 is 2.29 bits per heavy atom. The molecule has 0 aliphatic carbocycles. The third kappa shape index (κ3) is 5.12. The molecule has 1 aliphatic rings. The largest absolute Gasteiger partial charge is 0.384 e. The standard InChI is InChI=1S/C25H27N5O4S/c1-35(33,34)30(15-16-4-5-17-6-7-19(23(26)27)14-20(17)13-16)21-10-8-18(9-11-21)25(32)29-12-2-3-22(29)24(28)31/h4-11,13-14,22H,2-3,12,15H2,1H3,(H3,26,27)(H2,28,31)/t22-/m0/s1. The van der Waals surface area contributed by atoms with E-state index in [2.05, 4.69) is 0 Å². The number of sulfonamides is 1. The van der Waals surface area contributed by atoms with Crippen LogP contribution in [0.25, 0.3) is 10.8 Å². The van der Waals surface area contributed by atoms with Crippen LogP contribution in [0.5, 0.6) is 0 Å². The number of carbonyl (C=O) groups excluding carboxylic acids is 2. The van der Waals surface area contributed by atoms with Crippen molar-refractivity contribution in [2.75, 3.05) is 17.1 Å². The molecule has 35 heavy (non-hydrogen) atoms. The van der Waals surface area contributed by atoms with Gasteiger partial charge >= 0.3 is 0 Å². The third-order valence-electron chi connectivity index (χ3n) is 6.19. The van der Waals surface area contributed by atoms with E-state index in [0.29, 0.717) is 36.2 Å². The molecule has 2 amide bonds. The second-order valence-corrected chi connectivity index (χ2v) is 10.6. The van der Waals surface area contributed by atoms with Crippen LogP contribution in [0.4, 0.5) is 5.69 Å². The van der Waals surface area contributed by atoms with Crippen LogP contribution in [0.1, 0.15) is 34.3 Å². The van der Waals surface area contributed by atoms with E-state index in [1.807, 2.05) is 24.3 Å². The first-order valence-corrected chi connectivity index (χ1v) is 12.9. The van der Waals surface area contributed by atoms with Crippen LogP contribution in [-0.4, -0.2) is 49.8 Å². The maximum atomic E-state index is 12.9. The van der Waals surface area contributed by atoms with Gasteiger partial charge in [-0.2, -0.15) is 0 Å². The molecule has 0 radical (unpaired) electrons. The molecule has 3 aromatic carbocycles. The van der Waals surface area contributed by atoms with E-state index in [-0.39, 0.29) is 18.3 Å². The zero-order valence-corrected chi connectivity index (χ0v) is 20.1. The van der Waals surface area contributed by atoms with Gasteiger partial charge in [0.15, 0.2) is 0 Å². The van der Waals surface area contributed by atoms with E-state index < -0.39 is 22.0 Å². The minimum absolute atomic E-state index is 0.0409. The van der Waals surface area contributed by atoms with Crippen molar-refractivity contribution >= 4 is 44.1 Å². The number of carbonyl (C=O) groups is 2. The fraction of sp³-hybridized carbons (Fsp3) is 0.240. The Morgan fingerprint density at radius 1 is 1.00 bits per heavy atom. The summed E-state index contributed by atoms with van der Waals surface area (Å²) in [5.41, 5.74) is 13.1. The summed E-state index contributed by atoms with van der Waals surface area (Å²) < 4.78 is 26.6. The van der Waals surface area contributed by atoms with Gasteiger partial charge in [-0.05, 0) is 65.6 Å². The number of hydrogen-bond donors (Lipinski definition) is 3. The predicted octanol–water partition coefficient (Wildman–Crippen LogP) is 2.18. The first kappa shape index (κ1) is 24.2. The first-order chi connectivity index (χ1) is 16.5. The Labute approximate surface area is 203 Å². The summed E-state index contributed by atoms with van der Waals surface area (Å²) in [4.78, 5) is 26.0. The minimum atomic E-state index is -3.64. The molecule has 0 unspecified atom stereocenters. The number of rotatable bonds is 7. The van der Waals surface area contributed by atoms with E-state index in [1.54, 1.807) is 36.4 Å². The van der Waals surface area contributed by atoms with Gasteiger partial charge in [0.05, 0.1) is 18.5 Å². The second-order valence-electron chi connectivity index (χ2n) is 8.69. The lowest BCUT2D eigenvalue weighted by molar-refractivity contribution is -0.121. The van der Waals surface area contributed by atoms with Crippen molar-refractivity contribution in [3.8, 4) is 0 Å². The van der Waals surface area contributed by atoms with Crippen molar-refractivity contribution in [3.63, 3.8) is 0 Å². The van der Waals surface area contributed by atoms with Crippen LogP contribution in [-0.2, 0) is 21.4 Å². The number of amides is 2. The number of nitrogens with two attached hydrogens (primary N) is 2. The van der Waals surface area contributed by atoms with Gasteiger partial charge in [0, 0.05) is 17.7 Å². The fourth-order valence-corrected chi connectivity index (χ4v) is 5.26. The summed E-state index contributed by atoms with van der Waals surface area (Å²) in [5.74, 6) is -0.873. The molecular formula is C25H27N5O4S. The number of fused-ring (bicyclic) bond motifs is 1. The summed E-state index contributed by atoms with van der Waals surface area (Å²) in [6.07, 6.45) is 2.38. The number of anilines is 1. The van der Waals surface area contributed by atoms with Crippen molar-refractivity contribution < 1.29 is 18.0 Å². The van der Waals surface area contributed by atoms with Crippen LogP contribution in [0.15, 0.2) is 60.7 Å². The molecule has 0 spiro atoms. The SMILES string of the molecule is CS(=O)(=O)N(Cc1ccc2ccc(C(=N)N)cc2c1)c1ccc(C(=O)N2CCC[C@H]2C(N)=O)cc1. The minimum Gasteiger partial charge on any atom is -0.384 e. The van der Waals surface area contributed by atoms with Gasteiger partial charge in [0.1, 0.15) is 11.9 Å². The summed E-state index contributed by atoms with van der Waals surface area (Å²) in [6, 6.07) is 16.7. The molecule has 182 valence electrons. The first-order valence-electron chi connectivity index (χ1n) is 11.1. The molecule has 1 saturated heterocycles. The molecule has 1 aliphatic heterocycles. The number of hydrogen-bond acceptors (Lipinski definition) is 5. The molecule has 3 aromatic rings. The Kier molecular flexibility index (Phi) is 6.49. The van der Waals surface area contributed by atoms with Gasteiger partial charge in [0.25, 0.3) is 5.91 Å². The molecule has 9 nitrogen and oxygen atoms in total. The lowest BCUT2D eigenvalue weighted by Gasteiger charge is -2.24. The third-order valence-corrected chi connectivity index (χ3v) is 7.33. The van der Waals surface area contributed by atoms with Crippen molar-refractivity contribution in [2.45, 2.75) is 25.4 Å². The predicted molar refractivity (Wildman–Crippen MR) is 136 cm³/mol. The second kappa shape index (κ2) is 9.38. The zero-order chi connectivity index (χ0) is 25.3. The highest BCUT2D eigenvalue weighted by molar-refractivity contribution is 7.92. The Hall–Kier alpha value is -3.92. The number of likely N-dealkylation sites (tertiary alicyclic amines) is 1. The molecule has 10 heteroatoms. The van der Waals surface area contributed by atoms with Crippen molar-refractivity contribution in [1.29, 1.82) is 5.41 Å². The van der Waals surface area contributed by atoms with Gasteiger partial charge in [-0.15, -0.1) is 0 Å². The molecule has 0 aromatic heterocycles. The smallest absolute Gasteiger partial charge is 0.254 e. The Morgan fingerprint density at radius 2 is 1.66 bits per heavy atom. The number of nitrogen functional groups attached to an aromatic ring is 1. The van der Waals surface area contributed by atoms with Gasteiger partial charge in [-0.25, -0.2) is 8.42 Å². The molecule has 1 atom stereocenters. The molecule has 0 saturated carbocycles. The summed E-state index contributed by atoms with van der Waals surface area (Å²) in [6.45, 7) is 0.541. The Balaban J connectivity index is 1.60. The van der Waals surface area contributed by atoms with Gasteiger partial charge in [0.2, 0.25) is 15.9 Å². The summed E-state index contributed by atoms with van der Waals surface area (Å²) in [5, 5.41) is 9.44. The van der Waals surface area contributed by atoms with Crippen LogP contribution in [0.3, 0.4) is 0 Å². The van der Waals surface area contributed by atoms with E-state index in [1.165, 1.54) is 9.21 Å². The number of nitrogens with one attached hydrogen (secondary N) is 1. The van der Waals surface area contributed by atoms with E-state index in [9.17, 15) is 18.0 Å². The van der Waals surface area contributed by atoms with Crippen LogP contribution < -0.4 is 15.8 Å². The van der Waals surface area contributed by atoms with Gasteiger partial charge in [-0.3, -0.25) is 19.3 Å². The van der Waals surface area contributed by atoms with Crippen molar-refractivity contribution in [1.82, 2.24) is 4.90 Å². The van der Waals surface area contributed by atoms with Crippen LogP contribution in [0, 0.1) is 5.41 Å². The number of nitrogens with zero attached hydrogens (tertiary/aromatic N) is 2. The van der Waals surface area contributed by atoms with Crippen LogP contribution in [0.2, 0.25) is 0 Å². The number of amidine groups is 1. The molecule has 1 fully saturated rings. The lowest BCUT2D eigenvalue weighted by atomic mass is 10.0. The molecule has 4 rings (SSSR count). The average Bonchev–Trinajstić information content (AvgIpc) is 3.31. The highest BCUT2D eigenvalue weighted by Crippen LogP contribution is 2.26. The fourth-order valence-electron chi connectivity index (χ4n) is 4.37. The highest BCUT2D eigenvalue weighted by atomic mass is 32.2. The number of benzene rings is 3. The average molecular weight is 494 g/mol. The maximum Gasteiger partial charge on any atom is 0.254 e. The van der Waals surface area contributed by atoms with Gasteiger partial charge in [-0.1, -0.05) is 24.3 Å². The normalized spacial score (nSPS) is 15.8. The van der Waals surface area contributed by atoms with Crippen molar-refractivity contribution in [2.24, 2.45) is 11.5 Å². The van der Waals surface area contributed by atoms with E-state index in [0.717, 1.165) is 22.6 Å². The number of primary amides is 1. The summed E-state index contributed by atoms with van der Waals surface area (Å²) in [7, 11) is -3.64. The molecule has 5 N–H and O–H groups in total. The lowest BCUT2D eigenvalue weighted by Crippen LogP contribution is -2.43. The topological polar surface area (TPSA) is 151 Å². The zero-order valence-electron chi connectivity index (χ0n) is 19.3. The maximum absolute atomic E-state index is 12.9. The van der Waals surface area contributed by atoms with Crippen molar-refractivity contribution in [3.05, 3.63) is 77.4 Å². The summed E-state index contributed by atoms with van der Waals surface area (Å²) >= 11 is 0. The molecule has 0 bridgehead atoms. The van der Waals surface area contributed by atoms with Gasteiger partial charge < -0.3 is 16.4 Å². The quantitative estimate of drug-likeness (QED) is 0.340. The Bertz CT molecular complexity index is 1420. The van der Waals surface area contributed by atoms with Crippen LogP contribution >= 0.6 is 0 Å². The monoisotopic (exact) mass is 493 g/mol. The van der Waals surface area contributed by atoms with E-state index in [4.69, 9.17) is 16.9 Å².